The van der Waals surface area contributed by atoms with Crippen molar-refractivity contribution in [2.45, 2.75) is 25.8 Å². The molecule has 0 aliphatic carbocycles. The number of anilines is 1. The Labute approximate surface area is 148 Å². The molecule has 0 saturated heterocycles. The molecule has 1 atom stereocenters. The molecule has 0 fully saturated rings. The second-order valence-corrected chi connectivity index (χ2v) is 6.85. The van der Waals surface area contributed by atoms with Crippen LogP contribution in [-0.2, 0) is 16.0 Å². The molecule has 25 heavy (non-hydrogen) atoms. The van der Waals surface area contributed by atoms with Crippen LogP contribution in [0.25, 0.3) is 0 Å². The van der Waals surface area contributed by atoms with E-state index in [0.29, 0.717) is 11.7 Å². The minimum Gasteiger partial charge on any atom is -0.365 e. The van der Waals surface area contributed by atoms with E-state index < -0.39 is 5.91 Å². The highest BCUT2D eigenvalue weighted by Crippen LogP contribution is 2.32. The number of aromatic nitrogens is 1. The Morgan fingerprint density at radius 3 is 2.80 bits per heavy atom. The van der Waals surface area contributed by atoms with E-state index in [1.54, 1.807) is 4.90 Å². The monoisotopic (exact) mass is 358 g/mol. The summed E-state index contributed by atoms with van der Waals surface area (Å²) >= 11 is 1.03. The molecular weight excluding hydrogens is 340 g/mol. The van der Waals surface area contributed by atoms with Crippen molar-refractivity contribution in [3.8, 4) is 0 Å². The van der Waals surface area contributed by atoms with Crippen LogP contribution in [0.1, 0.15) is 40.2 Å². The quantitative estimate of drug-likeness (QED) is 0.868. The lowest BCUT2D eigenvalue weighted by molar-refractivity contribution is -0.132. The van der Waals surface area contributed by atoms with Gasteiger partial charge in [-0.15, -0.1) is 0 Å². The standard InChI is InChI=1S/C17H18N4O3S/c1-10(22)21-7-6-11-4-2-3-5-12(11)13(21)8-15(23)20-17-19-9-14(25-17)16(18)24/h2-5,9,13H,6-8H2,1H3,(H2,18,24)(H,19,20,23). The third kappa shape index (κ3) is 3.69. The summed E-state index contributed by atoms with van der Waals surface area (Å²) in [7, 11) is 0. The first kappa shape index (κ1) is 17.1. The summed E-state index contributed by atoms with van der Waals surface area (Å²) in [5, 5.41) is 2.99. The predicted molar refractivity (Wildman–Crippen MR) is 94.2 cm³/mol. The van der Waals surface area contributed by atoms with Crippen molar-refractivity contribution >= 4 is 34.2 Å². The first-order chi connectivity index (χ1) is 12.0. The van der Waals surface area contributed by atoms with Crippen molar-refractivity contribution in [2.75, 3.05) is 11.9 Å². The first-order valence-electron chi connectivity index (χ1n) is 7.86. The molecule has 1 aliphatic heterocycles. The lowest BCUT2D eigenvalue weighted by Crippen LogP contribution is -2.40. The SMILES string of the molecule is CC(=O)N1CCc2ccccc2C1CC(=O)Nc1ncc(C(N)=O)s1. The molecule has 3 N–H and O–H groups in total. The smallest absolute Gasteiger partial charge is 0.260 e. The predicted octanol–water partition coefficient (Wildman–Crippen LogP) is 1.72. The van der Waals surface area contributed by atoms with Gasteiger partial charge in [-0.3, -0.25) is 14.4 Å². The van der Waals surface area contributed by atoms with Gasteiger partial charge in [0.25, 0.3) is 5.91 Å². The number of rotatable bonds is 4. The average molecular weight is 358 g/mol. The van der Waals surface area contributed by atoms with Gasteiger partial charge < -0.3 is 16.0 Å². The third-order valence-corrected chi connectivity index (χ3v) is 5.12. The molecule has 2 aromatic rings. The lowest BCUT2D eigenvalue weighted by atomic mass is 9.90. The molecule has 1 aliphatic rings. The normalized spacial score (nSPS) is 16.2. The van der Waals surface area contributed by atoms with Gasteiger partial charge in [-0.05, 0) is 17.5 Å². The highest BCUT2D eigenvalue weighted by atomic mass is 32.1. The van der Waals surface area contributed by atoms with Gasteiger partial charge >= 0.3 is 0 Å². The third-order valence-electron chi connectivity index (χ3n) is 4.19. The first-order valence-corrected chi connectivity index (χ1v) is 8.68. The van der Waals surface area contributed by atoms with E-state index in [1.807, 2.05) is 24.3 Å². The van der Waals surface area contributed by atoms with Crippen molar-refractivity contribution < 1.29 is 14.4 Å². The van der Waals surface area contributed by atoms with Crippen LogP contribution in [0.3, 0.4) is 0 Å². The van der Waals surface area contributed by atoms with Crippen LogP contribution >= 0.6 is 11.3 Å². The Kier molecular flexibility index (Phi) is 4.80. The number of amides is 3. The van der Waals surface area contributed by atoms with Gasteiger partial charge in [-0.25, -0.2) is 4.98 Å². The zero-order valence-electron chi connectivity index (χ0n) is 13.7. The molecule has 1 aromatic heterocycles. The summed E-state index contributed by atoms with van der Waals surface area (Å²) in [5.41, 5.74) is 7.34. The maximum absolute atomic E-state index is 12.4. The van der Waals surface area contributed by atoms with E-state index >= 15 is 0 Å². The van der Waals surface area contributed by atoms with E-state index in [4.69, 9.17) is 5.73 Å². The van der Waals surface area contributed by atoms with Gasteiger partial charge in [0.15, 0.2) is 5.13 Å². The second kappa shape index (κ2) is 7.02. The Bertz CT molecular complexity index is 833. The minimum atomic E-state index is -0.582. The molecule has 3 amide bonds. The summed E-state index contributed by atoms with van der Waals surface area (Å²) in [6.07, 6.45) is 2.24. The summed E-state index contributed by atoms with van der Waals surface area (Å²) in [6, 6.07) is 7.54. The van der Waals surface area contributed by atoms with Gasteiger partial charge in [0.05, 0.1) is 18.7 Å². The molecule has 0 spiro atoms. The number of primary amides is 1. The molecule has 2 heterocycles. The number of thiazole rings is 1. The number of carbonyl (C=O) groups excluding carboxylic acids is 3. The molecule has 1 aromatic carbocycles. The summed E-state index contributed by atoms with van der Waals surface area (Å²) in [6.45, 7) is 2.10. The van der Waals surface area contributed by atoms with Crippen LogP contribution in [0.4, 0.5) is 5.13 Å². The number of hydrogen-bond donors (Lipinski definition) is 2. The molecule has 0 bridgehead atoms. The topological polar surface area (TPSA) is 105 Å². The molecule has 1 unspecified atom stereocenters. The Hall–Kier alpha value is -2.74. The van der Waals surface area contributed by atoms with Gasteiger partial charge in [0.2, 0.25) is 11.8 Å². The van der Waals surface area contributed by atoms with Crippen LogP contribution in [0.15, 0.2) is 30.5 Å². The van der Waals surface area contributed by atoms with Gasteiger partial charge in [-0.1, -0.05) is 35.6 Å². The van der Waals surface area contributed by atoms with Crippen molar-refractivity contribution in [2.24, 2.45) is 5.73 Å². The lowest BCUT2D eigenvalue weighted by Gasteiger charge is -2.36. The molecule has 0 saturated carbocycles. The van der Waals surface area contributed by atoms with Crippen LogP contribution in [0.2, 0.25) is 0 Å². The minimum absolute atomic E-state index is 0.0578. The maximum Gasteiger partial charge on any atom is 0.260 e. The average Bonchev–Trinajstić information content (AvgIpc) is 3.03. The van der Waals surface area contributed by atoms with E-state index in [1.165, 1.54) is 13.1 Å². The highest BCUT2D eigenvalue weighted by molar-refractivity contribution is 7.17. The fraction of sp³-hybridized carbons (Fsp3) is 0.294. The van der Waals surface area contributed by atoms with Crippen molar-refractivity contribution in [3.63, 3.8) is 0 Å². The van der Waals surface area contributed by atoms with Crippen molar-refractivity contribution in [3.05, 3.63) is 46.5 Å². The number of benzene rings is 1. The van der Waals surface area contributed by atoms with Crippen LogP contribution < -0.4 is 11.1 Å². The van der Waals surface area contributed by atoms with E-state index in [2.05, 4.69) is 10.3 Å². The molecule has 8 heteroatoms. The molecular formula is C17H18N4O3S. The molecule has 3 rings (SSSR count). The number of fused-ring (bicyclic) bond motifs is 1. The Morgan fingerprint density at radius 1 is 1.36 bits per heavy atom. The zero-order valence-corrected chi connectivity index (χ0v) is 14.5. The fourth-order valence-electron chi connectivity index (χ4n) is 3.04. The number of carbonyl (C=O) groups is 3. The number of nitrogens with one attached hydrogen (secondary N) is 1. The van der Waals surface area contributed by atoms with Gasteiger partial charge in [0.1, 0.15) is 4.88 Å². The molecule has 130 valence electrons. The number of nitrogens with zero attached hydrogens (tertiary/aromatic N) is 2. The van der Waals surface area contributed by atoms with Crippen molar-refractivity contribution in [1.82, 2.24) is 9.88 Å². The Balaban J connectivity index is 1.77. The highest BCUT2D eigenvalue weighted by Gasteiger charge is 2.30. The van der Waals surface area contributed by atoms with Crippen LogP contribution in [0, 0.1) is 0 Å². The molecule has 0 radical (unpaired) electrons. The summed E-state index contributed by atoms with van der Waals surface area (Å²) in [4.78, 5) is 41.5. The maximum atomic E-state index is 12.4. The largest absolute Gasteiger partial charge is 0.365 e. The zero-order chi connectivity index (χ0) is 18.0. The van der Waals surface area contributed by atoms with Gasteiger partial charge in [-0.2, -0.15) is 0 Å². The summed E-state index contributed by atoms with van der Waals surface area (Å²) < 4.78 is 0. The fourth-order valence-corrected chi connectivity index (χ4v) is 3.72. The van der Waals surface area contributed by atoms with E-state index in [9.17, 15) is 14.4 Å². The Morgan fingerprint density at radius 2 is 2.12 bits per heavy atom. The number of nitrogens with two attached hydrogens (primary N) is 1. The van der Waals surface area contributed by atoms with E-state index in [0.717, 1.165) is 28.9 Å². The van der Waals surface area contributed by atoms with Crippen LogP contribution in [0.5, 0.6) is 0 Å². The second-order valence-electron chi connectivity index (χ2n) is 5.82. The molecule has 7 nitrogen and oxygen atoms in total. The van der Waals surface area contributed by atoms with Crippen molar-refractivity contribution in [1.29, 1.82) is 0 Å². The number of hydrogen-bond acceptors (Lipinski definition) is 5. The van der Waals surface area contributed by atoms with Crippen LogP contribution in [-0.4, -0.2) is 34.2 Å². The van der Waals surface area contributed by atoms with E-state index in [-0.39, 0.29) is 29.2 Å². The van der Waals surface area contributed by atoms with Gasteiger partial charge in [0, 0.05) is 13.5 Å². The summed E-state index contributed by atoms with van der Waals surface area (Å²) in [5.74, 6) is -0.905.